The lowest BCUT2D eigenvalue weighted by atomic mass is 10.00. The Bertz CT molecular complexity index is 1140. The highest BCUT2D eigenvalue weighted by Gasteiger charge is 2.34. The van der Waals surface area contributed by atoms with Gasteiger partial charge in [0.05, 0.1) is 17.1 Å². The van der Waals surface area contributed by atoms with E-state index in [4.69, 9.17) is 23.2 Å². The minimum Gasteiger partial charge on any atom is -0.346 e. The Balaban J connectivity index is 1.83. The molecule has 3 rings (SSSR count). The number of rotatable bonds is 6. The summed E-state index contributed by atoms with van der Waals surface area (Å²) in [5.41, 5.74) is 1.13. The van der Waals surface area contributed by atoms with Crippen molar-refractivity contribution in [3.8, 4) is 0 Å². The number of hydrogen-bond donors (Lipinski definition) is 1. The van der Waals surface area contributed by atoms with Crippen molar-refractivity contribution >= 4 is 40.9 Å². The number of aryl methyl sites for hydroxylation is 2. The molecule has 162 valence electrons. The molecule has 31 heavy (non-hydrogen) atoms. The van der Waals surface area contributed by atoms with Gasteiger partial charge in [-0.2, -0.15) is 8.78 Å². The Labute approximate surface area is 192 Å². The highest BCUT2D eigenvalue weighted by molar-refractivity contribution is 7.99. The largest absolute Gasteiger partial charge is 0.346 e. The Hall–Kier alpha value is -2.22. The minimum atomic E-state index is -3.28. The molecule has 0 atom stereocenters. The van der Waals surface area contributed by atoms with Crippen LogP contribution in [0.5, 0.6) is 0 Å². The first-order chi connectivity index (χ1) is 14.6. The molecule has 0 saturated heterocycles. The van der Waals surface area contributed by atoms with Gasteiger partial charge >= 0.3 is 0 Å². The van der Waals surface area contributed by atoms with Crippen LogP contribution in [0.2, 0.25) is 10.2 Å². The number of halogens is 5. The van der Waals surface area contributed by atoms with Crippen LogP contribution in [0.3, 0.4) is 0 Å². The Kier molecular flexibility index (Phi) is 7.19. The van der Waals surface area contributed by atoms with Crippen LogP contribution in [-0.4, -0.2) is 17.4 Å². The summed E-state index contributed by atoms with van der Waals surface area (Å²) >= 11 is 12.6. The van der Waals surface area contributed by atoms with E-state index in [0.29, 0.717) is 5.56 Å². The summed E-state index contributed by atoms with van der Waals surface area (Å²) in [5, 5.41) is 2.17. The number of nitrogens with one attached hydrogen (secondary N) is 1. The summed E-state index contributed by atoms with van der Waals surface area (Å²) in [5.74, 6) is -4.72. The van der Waals surface area contributed by atoms with Crippen LogP contribution >= 0.6 is 35.0 Å². The van der Waals surface area contributed by atoms with E-state index in [1.54, 1.807) is 25.1 Å². The second-order valence-electron chi connectivity index (χ2n) is 6.86. The zero-order chi connectivity index (χ0) is 22.8. The Morgan fingerprint density at radius 1 is 1.13 bits per heavy atom. The minimum absolute atomic E-state index is 0.000744. The average Bonchev–Trinajstić information content (AvgIpc) is 2.70. The molecule has 0 radical (unpaired) electrons. The molecule has 2 aromatic carbocycles. The van der Waals surface area contributed by atoms with Crippen molar-refractivity contribution in [3.63, 3.8) is 0 Å². The molecule has 0 saturated carbocycles. The predicted molar refractivity (Wildman–Crippen MR) is 117 cm³/mol. The van der Waals surface area contributed by atoms with E-state index in [9.17, 15) is 18.0 Å². The van der Waals surface area contributed by atoms with Crippen molar-refractivity contribution < 1.29 is 18.0 Å². The van der Waals surface area contributed by atoms with Crippen molar-refractivity contribution in [1.82, 2.24) is 10.3 Å². The second-order valence-corrected chi connectivity index (χ2v) is 8.74. The van der Waals surface area contributed by atoms with Crippen LogP contribution in [0.15, 0.2) is 58.5 Å². The van der Waals surface area contributed by atoms with Gasteiger partial charge in [0.1, 0.15) is 5.15 Å². The molecule has 0 aliphatic carbocycles. The number of alkyl halides is 2. The lowest BCUT2D eigenvalue weighted by Gasteiger charge is -2.20. The van der Waals surface area contributed by atoms with Crippen molar-refractivity contribution in [2.24, 2.45) is 0 Å². The van der Waals surface area contributed by atoms with Gasteiger partial charge in [-0.3, -0.25) is 4.79 Å². The zero-order valence-corrected chi connectivity index (χ0v) is 18.8. The molecular weight excluding hydrogens is 468 g/mol. The molecule has 1 N–H and O–H groups in total. The number of nitrogens with zero attached hydrogens (tertiary/aromatic N) is 1. The number of carbonyl (C=O) groups excluding carboxylic acids is 1. The second kappa shape index (κ2) is 9.51. The summed E-state index contributed by atoms with van der Waals surface area (Å²) in [6.07, 6.45) is 1.28. The molecule has 0 aliphatic heterocycles. The molecule has 0 aliphatic rings. The van der Waals surface area contributed by atoms with Crippen molar-refractivity contribution in [1.29, 1.82) is 0 Å². The van der Waals surface area contributed by atoms with Gasteiger partial charge in [-0.1, -0.05) is 64.8 Å². The van der Waals surface area contributed by atoms with Crippen LogP contribution in [0.25, 0.3) is 0 Å². The first-order valence-electron chi connectivity index (χ1n) is 9.09. The van der Waals surface area contributed by atoms with E-state index in [2.05, 4.69) is 10.3 Å². The van der Waals surface area contributed by atoms with Crippen molar-refractivity contribution in [3.05, 3.63) is 86.9 Å². The summed E-state index contributed by atoms with van der Waals surface area (Å²) in [6.45, 7) is 2.49. The topological polar surface area (TPSA) is 42.0 Å². The number of aromatic nitrogens is 1. The van der Waals surface area contributed by atoms with E-state index in [1.165, 1.54) is 30.5 Å². The Morgan fingerprint density at radius 2 is 1.87 bits per heavy atom. The molecule has 0 unspecified atom stereocenters. The normalized spacial score (nSPS) is 11.5. The smallest absolute Gasteiger partial charge is 0.290 e. The molecule has 1 heterocycles. The van der Waals surface area contributed by atoms with Crippen LogP contribution in [-0.2, 0) is 5.92 Å². The van der Waals surface area contributed by atoms with Crippen molar-refractivity contribution in [2.75, 3.05) is 6.54 Å². The fraction of sp³-hybridized carbons (Fsp3) is 0.182. The maximum Gasteiger partial charge on any atom is 0.290 e. The molecular formula is C22H17Cl2F3N2OS. The van der Waals surface area contributed by atoms with Gasteiger partial charge in [0.15, 0.2) is 5.82 Å². The monoisotopic (exact) mass is 484 g/mol. The standard InChI is InChI=1S/C22H17Cl2F3N2OS/c1-12-6-7-15(13(2)8-12)22(26,27)11-29-21(30)14-9-19(24)28-10-18(14)31-17-5-3-4-16(23)20(17)25/h3-10H,11H2,1-2H3,(H,29,30). The number of amides is 1. The van der Waals surface area contributed by atoms with Crippen LogP contribution in [0, 0.1) is 19.7 Å². The lowest BCUT2D eigenvalue weighted by Crippen LogP contribution is -2.35. The molecule has 9 heteroatoms. The van der Waals surface area contributed by atoms with E-state index in [-0.39, 0.29) is 31.1 Å². The van der Waals surface area contributed by atoms with Gasteiger partial charge in [0.2, 0.25) is 0 Å². The van der Waals surface area contributed by atoms with E-state index in [1.807, 2.05) is 6.92 Å². The van der Waals surface area contributed by atoms with Gasteiger partial charge in [-0.15, -0.1) is 0 Å². The van der Waals surface area contributed by atoms with E-state index >= 15 is 0 Å². The third-order valence-electron chi connectivity index (χ3n) is 4.46. The number of benzene rings is 2. The number of pyridine rings is 1. The molecule has 3 aromatic rings. The van der Waals surface area contributed by atoms with Gasteiger partial charge in [-0.05, 0) is 37.6 Å². The third-order valence-corrected chi connectivity index (χ3v) is 6.04. The highest BCUT2D eigenvalue weighted by Crippen LogP contribution is 2.35. The highest BCUT2D eigenvalue weighted by atomic mass is 35.5. The summed E-state index contributed by atoms with van der Waals surface area (Å²) in [7, 11) is 0. The maximum absolute atomic E-state index is 14.7. The van der Waals surface area contributed by atoms with Crippen LogP contribution < -0.4 is 5.32 Å². The first-order valence-corrected chi connectivity index (χ1v) is 10.7. The third kappa shape index (κ3) is 5.53. The molecule has 3 nitrogen and oxygen atoms in total. The van der Waals surface area contributed by atoms with Crippen LogP contribution in [0.1, 0.15) is 27.0 Å². The zero-order valence-electron chi connectivity index (χ0n) is 16.5. The van der Waals surface area contributed by atoms with E-state index < -0.39 is 24.2 Å². The quantitative estimate of drug-likeness (QED) is 0.390. The van der Waals surface area contributed by atoms with E-state index in [0.717, 1.165) is 17.3 Å². The number of carbonyl (C=O) groups is 1. The summed E-state index contributed by atoms with van der Waals surface area (Å²) in [4.78, 5) is 17.0. The predicted octanol–water partition coefficient (Wildman–Crippen LogP) is 6.82. The Morgan fingerprint density at radius 3 is 2.58 bits per heavy atom. The van der Waals surface area contributed by atoms with Gasteiger partial charge in [0, 0.05) is 21.6 Å². The molecule has 1 amide bonds. The van der Waals surface area contributed by atoms with Gasteiger partial charge < -0.3 is 5.32 Å². The summed E-state index contributed by atoms with van der Waals surface area (Å²) < 4.78 is 43.7. The summed E-state index contributed by atoms with van der Waals surface area (Å²) in [6, 6.07) is 10.3. The SMILES string of the molecule is Cc1ccc(C(F)(F)CNC(=O)c2cc(Cl)ncc2Sc2cccc(Cl)c2F)c(C)c1. The average molecular weight is 485 g/mol. The molecule has 0 spiro atoms. The molecule has 0 fully saturated rings. The number of hydrogen-bond acceptors (Lipinski definition) is 3. The maximum atomic E-state index is 14.7. The first kappa shape index (κ1) is 23.4. The fourth-order valence-electron chi connectivity index (χ4n) is 2.96. The fourth-order valence-corrected chi connectivity index (χ4v) is 4.30. The molecule has 0 bridgehead atoms. The lowest BCUT2D eigenvalue weighted by molar-refractivity contribution is -0.00310. The molecule has 1 aromatic heterocycles. The van der Waals surface area contributed by atoms with Gasteiger partial charge in [-0.25, -0.2) is 9.37 Å². The van der Waals surface area contributed by atoms with Gasteiger partial charge in [0.25, 0.3) is 11.8 Å². The van der Waals surface area contributed by atoms with Crippen molar-refractivity contribution in [2.45, 2.75) is 29.6 Å². The van der Waals surface area contributed by atoms with Crippen LogP contribution in [0.4, 0.5) is 13.2 Å².